The molecule has 5 nitrogen and oxygen atoms in total. The molecule has 0 aliphatic rings. The van der Waals surface area contributed by atoms with Crippen molar-refractivity contribution in [2.45, 2.75) is 13.2 Å². The molecule has 1 amide bonds. The van der Waals surface area contributed by atoms with Crippen LogP contribution in [-0.4, -0.2) is 16.3 Å². The Hall–Kier alpha value is -3.86. The molecule has 3 aromatic carbocycles. The highest BCUT2D eigenvalue weighted by Crippen LogP contribution is 2.28. The second-order valence-electron chi connectivity index (χ2n) is 6.80. The molecule has 0 bridgehead atoms. The van der Waals surface area contributed by atoms with Gasteiger partial charge in [0.1, 0.15) is 12.4 Å². The summed E-state index contributed by atoms with van der Waals surface area (Å²) in [5.74, 6) is -1.06. The molecule has 0 unspecified atom stereocenters. The molecule has 1 aromatic heterocycles. The Morgan fingerprint density at radius 1 is 0.862 bits per heavy atom. The van der Waals surface area contributed by atoms with Gasteiger partial charge in [0.05, 0.1) is 5.56 Å². The summed E-state index contributed by atoms with van der Waals surface area (Å²) < 4.78 is 7.83. The van der Waals surface area contributed by atoms with Crippen LogP contribution in [0.3, 0.4) is 0 Å². The van der Waals surface area contributed by atoms with Crippen LogP contribution in [0.25, 0.3) is 10.9 Å². The minimum absolute atomic E-state index is 0.286. The van der Waals surface area contributed by atoms with E-state index in [9.17, 15) is 9.59 Å². The van der Waals surface area contributed by atoms with Crippen LogP contribution >= 0.6 is 0 Å². The van der Waals surface area contributed by atoms with Gasteiger partial charge in [0.2, 0.25) is 0 Å². The number of carbonyl (C=O) groups is 2. The van der Waals surface area contributed by atoms with Crippen LogP contribution in [-0.2, 0) is 17.9 Å². The minimum atomic E-state index is -0.973. The van der Waals surface area contributed by atoms with Gasteiger partial charge in [-0.15, -0.1) is 0 Å². The van der Waals surface area contributed by atoms with Crippen LogP contribution < -0.4 is 10.5 Å². The van der Waals surface area contributed by atoms with Gasteiger partial charge in [-0.2, -0.15) is 0 Å². The molecule has 1 heterocycles. The van der Waals surface area contributed by atoms with Crippen molar-refractivity contribution in [2.24, 2.45) is 5.73 Å². The van der Waals surface area contributed by atoms with Crippen LogP contribution in [0, 0.1) is 0 Å². The molecule has 0 saturated carbocycles. The van der Waals surface area contributed by atoms with Gasteiger partial charge in [0.25, 0.3) is 11.7 Å². The number of Topliss-reactive ketones (excluding diaryl/α,β-unsaturated/α-hetero) is 1. The Bertz CT molecular complexity index is 1160. The van der Waals surface area contributed by atoms with Crippen molar-refractivity contribution in [1.29, 1.82) is 0 Å². The average Bonchev–Trinajstić information content (AvgIpc) is 3.10. The summed E-state index contributed by atoms with van der Waals surface area (Å²) in [7, 11) is 0. The molecule has 0 aliphatic carbocycles. The first-order valence-corrected chi connectivity index (χ1v) is 9.29. The average molecular weight is 384 g/mol. The summed E-state index contributed by atoms with van der Waals surface area (Å²) in [6.07, 6.45) is 1.69. The van der Waals surface area contributed by atoms with Crippen molar-refractivity contribution in [2.75, 3.05) is 0 Å². The Morgan fingerprint density at radius 3 is 2.17 bits per heavy atom. The van der Waals surface area contributed by atoms with E-state index < -0.39 is 11.7 Å². The van der Waals surface area contributed by atoms with Crippen molar-refractivity contribution in [3.05, 3.63) is 102 Å². The Labute approximate surface area is 168 Å². The molecule has 5 heteroatoms. The molecule has 0 saturated heterocycles. The summed E-state index contributed by atoms with van der Waals surface area (Å²) in [6.45, 7) is 0.990. The van der Waals surface area contributed by atoms with E-state index in [2.05, 4.69) is 0 Å². The fraction of sp³-hybridized carbons (Fsp3) is 0.0833. The number of nitrogens with zero attached hydrogens (tertiary/aromatic N) is 1. The molecule has 2 N–H and O–H groups in total. The quantitative estimate of drug-likeness (QED) is 0.387. The Morgan fingerprint density at radius 2 is 1.52 bits per heavy atom. The van der Waals surface area contributed by atoms with Crippen LogP contribution in [0.5, 0.6) is 5.75 Å². The fourth-order valence-corrected chi connectivity index (χ4v) is 3.33. The van der Waals surface area contributed by atoms with Crippen molar-refractivity contribution < 1.29 is 14.3 Å². The van der Waals surface area contributed by atoms with E-state index in [-0.39, 0.29) is 5.56 Å². The predicted octanol–water partition coefficient (Wildman–Crippen LogP) is 3.94. The van der Waals surface area contributed by atoms with Gasteiger partial charge < -0.3 is 15.0 Å². The van der Waals surface area contributed by atoms with Crippen LogP contribution in [0.15, 0.2) is 85.1 Å². The molecule has 0 spiro atoms. The first-order chi connectivity index (χ1) is 14.1. The third-order valence-electron chi connectivity index (χ3n) is 4.77. The van der Waals surface area contributed by atoms with E-state index in [1.165, 1.54) is 0 Å². The van der Waals surface area contributed by atoms with E-state index in [1.807, 2.05) is 77.4 Å². The first-order valence-electron chi connectivity index (χ1n) is 9.29. The van der Waals surface area contributed by atoms with Crippen molar-refractivity contribution in [3.63, 3.8) is 0 Å². The number of rotatable bonds is 7. The zero-order chi connectivity index (χ0) is 20.2. The van der Waals surface area contributed by atoms with Crippen molar-refractivity contribution >= 4 is 22.6 Å². The summed E-state index contributed by atoms with van der Waals surface area (Å²) in [5.41, 5.74) is 8.52. The van der Waals surface area contributed by atoms with Crippen LogP contribution in [0.4, 0.5) is 0 Å². The predicted molar refractivity (Wildman–Crippen MR) is 112 cm³/mol. The van der Waals surface area contributed by atoms with Gasteiger partial charge >= 0.3 is 0 Å². The van der Waals surface area contributed by atoms with E-state index in [0.29, 0.717) is 24.3 Å². The first kappa shape index (κ1) is 18.5. The lowest BCUT2D eigenvalue weighted by atomic mass is 10.1. The number of nitrogens with two attached hydrogens (primary N) is 1. The van der Waals surface area contributed by atoms with Gasteiger partial charge in [-0.25, -0.2) is 0 Å². The SMILES string of the molecule is NC(=O)C(=O)c1cn(Cc2ccccc2)c2ccc(OCc3ccccc3)cc12. The summed E-state index contributed by atoms with van der Waals surface area (Å²) in [6, 6.07) is 25.3. The number of ketones is 1. The smallest absolute Gasteiger partial charge is 0.289 e. The van der Waals surface area contributed by atoms with Crippen molar-refractivity contribution in [1.82, 2.24) is 4.57 Å². The van der Waals surface area contributed by atoms with Crippen molar-refractivity contribution in [3.8, 4) is 5.75 Å². The number of hydrogen-bond acceptors (Lipinski definition) is 3. The number of aromatic nitrogens is 1. The van der Waals surface area contributed by atoms with Gasteiger partial charge in [0, 0.05) is 23.6 Å². The number of fused-ring (bicyclic) bond motifs is 1. The molecule has 0 radical (unpaired) electrons. The summed E-state index contributed by atoms with van der Waals surface area (Å²) >= 11 is 0. The second-order valence-corrected chi connectivity index (χ2v) is 6.80. The molecular formula is C24H20N2O3. The number of carbonyl (C=O) groups excluding carboxylic acids is 2. The number of benzene rings is 3. The van der Waals surface area contributed by atoms with Gasteiger partial charge in [-0.05, 0) is 29.3 Å². The van der Waals surface area contributed by atoms with Crippen LogP contribution in [0.2, 0.25) is 0 Å². The maximum absolute atomic E-state index is 12.4. The number of hydrogen-bond donors (Lipinski definition) is 1. The highest BCUT2D eigenvalue weighted by Gasteiger charge is 2.20. The number of primary amides is 1. The Balaban J connectivity index is 1.70. The molecule has 144 valence electrons. The van der Waals surface area contributed by atoms with E-state index in [4.69, 9.17) is 10.5 Å². The monoisotopic (exact) mass is 384 g/mol. The third-order valence-corrected chi connectivity index (χ3v) is 4.77. The molecule has 0 aliphatic heterocycles. The van der Waals surface area contributed by atoms with Gasteiger partial charge in [0.15, 0.2) is 0 Å². The maximum Gasteiger partial charge on any atom is 0.289 e. The van der Waals surface area contributed by atoms with Gasteiger partial charge in [-0.3, -0.25) is 9.59 Å². The maximum atomic E-state index is 12.4. The molecule has 4 rings (SSSR count). The minimum Gasteiger partial charge on any atom is -0.489 e. The molecule has 0 atom stereocenters. The molecular weight excluding hydrogens is 364 g/mol. The lowest BCUT2D eigenvalue weighted by molar-refractivity contribution is -0.114. The van der Waals surface area contributed by atoms with Crippen LogP contribution in [0.1, 0.15) is 21.5 Å². The molecule has 0 fully saturated rings. The zero-order valence-corrected chi connectivity index (χ0v) is 15.7. The number of ether oxygens (including phenoxy) is 1. The fourth-order valence-electron chi connectivity index (χ4n) is 3.33. The Kier molecular flexibility index (Phi) is 5.12. The standard InChI is InChI=1S/C24H20N2O3/c25-24(28)23(27)21-15-26(14-17-7-3-1-4-8-17)22-12-11-19(13-20(21)22)29-16-18-9-5-2-6-10-18/h1-13,15H,14,16H2,(H2,25,28). The lowest BCUT2D eigenvalue weighted by Gasteiger charge is -2.08. The highest BCUT2D eigenvalue weighted by atomic mass is 16.5. The number of amides is 1. The third kappa shape index (κ3) is 4.04. The van der Waals surface area contributed by atoms with E-state index in [1.54, 1.807) is 12.3 Å². The molecule has 4 aromatic rings. The van der Waals surface area contributed by atoms with E-state index >= 15 is 0 Å². The largest absolute Gasteiger partial charge is 0.489 e. The zero-order valence-electron chi connectivity index (χ0n) is 15.7. The topological polar surface area (TPSA) is 74.3 Å². The molecule has 29 heavy (non-hydrogen) atoms. The lowest BCUT2D eigenvalue weighted by Crippen LogP contribution is -2.22. The van der Waals surface area contributed by atoms with Gasteiger partial charge in [-0.1, -0.05) is 60.7 Å². The second kappa shape index (κ2) is 8.02. The summed E-state index contributed by atoms with van der Waals surface area (Å²) in [5, 5.41) is 0.648. The highest BCUT2D eigenvalue weighted by molar-refractivity contribution is 6.44. The summed E-state index contributed by atoms with van der Waals surface area (Å²) in [4.78, 5) is 23.9. The normalized spacial score (nSPS) is 10.8. The van der Waals surface area contributed by atoms with E-state index in [0.717, 1.165) is 16.6 Å².